The van der Waals surface area contributed by atoms with Crippen LogP contribution in [0.5, 0.6) is 5.75 Å². The summed E-state index contributed by atoms with van der Waals surface area (Å²) in [7, 11) is 0. The van der Waals surface area contributed by atoms with Crippen molar-refractivity contribution in [2.45, 2.75) is 44.6 Å². The van der Waals surface area contributed by atoms with Crippen LogP contribution in [0, 0.1) is 5.92 Å². The summed E-state index contributed by atoms with van der Waals surface area (Å²) >= 11 is 0. The second kappa shape index (κ2) is 7.89. The Kier molecular flexibility index (Phi) is 5.89. The molecule has 1 aromatic heterocycles. The first-order valence-corrected chi connectivity index (χ1v) is 7.76. The van der Waals surface area contributed by atoms with E-state index in [1.807, 2.05) is 0 Å². The van der Waals surface area contributed by atoms with Crippen molar-refractivity contribution in [2.75, 3.05) is 6.54 Å². The number of hydrogen-bond donors (Lipinski definition) is 3. The fraction of sp³-hybridized carbons (Fsp3) is 0.562. The minimum Gasteiger partial charge on any atom is -0.506 e. The van der Waals surface area contributed by atoms with Crippen LogP contribution in [-0.4, -0.2) is 34.4 Å². The maximum atomic E-state index is 12.1. The zero-order valence-electron chi connectivity index (χ0n) is 12.6. The molecule has 0 radical (unpaired) electrons. The topological polar surface area (TPSA) is 105 Å². The Balaban J connectivity index is 1.76. The number of rotatable bonds is 6. The molecule has 120 valence electrons. The van der Waals surface area contributed by atoms with Gasteiger partial charge in [-0.25, -0.2) is 4.98 Å². The van der Waals surface area contributed by atoms with Gasteiger partial charge in [0.15, 0.2) is 5.78 Å². The first-order valence-electron chi connectivity index (χ1n) is 7.76. The Morgan fingerprint density at radius 3 is 2.59 bits per heavy atom. The van der Waals surface area contributed by atoms with E-state index in [1.165, 1.54) is 12.3 Å². The van der Waals surface area contributed by atoms with Crippen LogP contribution in [0.25, 0.3) is 0 Å². The van der Waals surface area contributed by atoms with E-state index in [4.69, 9.17) is 5.73 Å². The van der Waals surface area contributed by atoms with Gasteiger partial charge in [-0.3, -0.25) is 9.59 Å². The maximum Gasteiger partial charge on any atom is 0.221 e. The van der Waals surface area contributed by atoms with Crippen LogP contribution in [0.2, 0.25) is 0 Å². The van der Waals surface area contributed by atoms with Crippen molar-refractivity contribution in [3.63, 3.8) is 0 Å². The van der Waals surface area contributed by atoms with E-state index in [1.54, 1.807) is 6.07 Å². The highest BCUT2D eigenvalue weighted by Gasteiger charge is 2.24. The average Bonchev–Trinajstić information content (AvgIpc) is 2.50. The minimum absolute atomic E-state index is 0.00956. The lowest BCUT2D eigenvalue weighted by Gasteiger charge is -2.28. The number of aromatic nitrogens is 1. The molecular weight excluding hydrogens is 282 g/mol. The second-order valence-electron chi connectivity index (χ2n) is 5.85. The Morgan fingerprint density at radius 1 is 1.27 bits per heavy atom. The lowest BCUT2D eigenvalue weighted by Crippen LogP contribution is -2.38. The molecule has 0 aliphatic heterocycles. The van der Waals surface area contributed by atoms with E-state index in [2.05, 4.69) is 10.3 Å². The van der Waals surface area contributed by atoms with Crippen molar-refractivity contribution in [1.82, 2.24) is 10.3 Å². The Hall–Kier alpha value is -1.95. The molecule has 1 amide bonds. The van der Waals surface area contributed by atoms with Crippen LogP contribution in [0.3, 0.4) is 0 Å². The van der Waals surface area contributed by atoms with Crippen LogP contribution < -0.4 is 11.1 Å². The highest BCUT2D eigenvalue weighted by atomic mass is 16.3. The molecule has 0 bridgehead atoms. The number of nitrogens with zero attached hydrogens (tertiary/aromatic N) is 1. The van der Waals surface area contributed by atoms with Crippen molar-refractivity contribution in [2.24, 2.45) is 11.7 Å². The molecule has 6 nitrogen and oxygen atoms in total. The summed E-state index contributed by atoms with van der Waals surface area (Å²) in [4.78, 5) is 27.6. The van der Waals surface area contributed by atoms with Crippen molar-refractivity contribution in [1.29, 1.82) is 0 Å². The zero-order valence-corrected chi connectivity index (χ0v) is 12.6. The number of carbonyl (C=O) groups excluding carboxylic acids is 2. The van der Waals surface area contributed by atoms with Gasteiger partial charge in [0.25, 0.3) is 0 Å². The summed E-state index contributed by atoms with van der Waals surface area (Å²) in [5.74, 6) is 0.418. The maximum absolute atomic E-state index is 12.1. The molecular formula is C16H23N3O3. The summed E-state index contributed by atoms with van der Waals surface area (Å²) < 4.78 is 0. The number of aromatic hydroxyl groups is 1. The van der Waals surface area contributed by atoms with Crippen LogP contribution in [-0.2, 0) is 4.79 Å². The number of amides is 1. The molecule has 2 rings (SSSR count). The number of hydrogen-bond acceptors (Lipinski definition) is 5. The normalized spacial score (nSPS) is 21.3. The molecule has 22 heavy (non-hydrogen) atoms. The predicted molar refractivity (Wildman–Crippen MR) is 82.4 cm³/mol. The van der Waals surface area contributed by atoms with Crippen molar-refractivity contribution in [3.8, 4) is 5.75 Å². The minimum atomic E-state index is 0.00956. The summed E-state index contributed by atoms with van der Waals surface area (Å²) in [6.45, 7) is 0.370. The van der Waals surface area contributed by atoms with Gasteiger partial charge in [0.1, 0.15) is 11.4 Å². The number of nitrogens with one attached hydrogen (secondary N) is 1. The van der Waals surface area contributed by atoms with E-state index >= 15 is 0 Å². The van der Waals surface area contributed by atoms with Crippen LogP contribution in [0.15, 0.2) is 18.3 Å². The van der Waals surface area contributed by atoms with E-state index in [9.17, 15) is 14.7 Å². The highest BCUT2D eigenvalue weighted by molar-refractivity contribution is 5.94. The molecule has 6 heteroatoms. The highest BCUT2D eigenvalue weighted by Crippen LogP contribution is 2.28. The van der Waals surface area contributed by atoms with Gasteiger partial charge in [-0.1, -0.05) is 0 Å². The summed E-state index contributed by atoms with van der Waals surface area (Å²) in [6, 6.07) is 3.23. The Bertz CT molecular complexity index is 508. The van der Waals surface area contributed by atoms with E-state index in [0.717, 1.165) is 25.7 Å². The Morgan fingerprint density at radius 2 is 2.00 bits per heavy atom. The molecule has 0 unspecified atom stereocenters. The SMILES string of the molecule is NCCC(=O)NC1CCC(CC(=O)c2ccc(O)cn2)CC1. The molecule has 0 saturated heterocycles. The summed E-state index contributed by atoms with van der Waals surface area (Å²) in [5, 5.41) is 12.2. The fourth-order valence-electron chi connectivity index (χ4n) is 2.86. The smallest absolute Gasteiger partial charge is 0.221 e. The van der Waals surface area contributed by atoms with Gasteiger partial charge in [-0.05, 0) is 43.7 Å². The third-order valence-electron chi connectivity index (χ3n) is 4.09. The summed E-state index contributed by atoms with van der Waals surface area (Å²) in [5.41, 5.74) is 5.76. The molecule has 1 saturated carbocycles. The zero-order chi connectivity index (χ0) is 15.9. The third kappa shape index (κ3) is 4.80. The van der Waals surface area contributed by atoms with Crippen LogP contribution >= 0.6 is 0 Å². The van der Waals surface area contributed by atoms with E-state index < -0.39 is 0 Å². The monoisotopic (exact) mass is 305 g/mol. The van der Waals surface area contributed by atoms with E-state index in [-0.39, 0.29) is 23.5 Å². The first kappa shape index (κ1) is 16.4. The molecule has 0 atom stereocenters. The van der Waals surface area contributed by atoms with Gasteiger partial charge in [0, 0.05) is 25.4 Å². The van der Waals surface area contributed by atoms with Crippen LogP contribution in [0.1, 0.15) is 49.0 Å². The second-order valence-corrected chi connectivity index (χ2v) is 5.85. The molecule has 1 aliphatic carbocycles. The van der Waals surface area contributed by atoms with Gasteiger partial charge in [0.2, 0.25) is 5.91 Å². The first-order chi connectivity index (χ1) is 10.6. The van der Waals surface area contributed by atoms with Gasteiger partial charge in [0.05, 0.1) is 6.20 Å². The van der Waals surface area contributed by atoms with Crippen LogP contribution in [0.4, 0.5) is 0 Å². The largest absolute Gasteiger partial charge is 0.506 e. The van der Waals surface area contributed by atoms with Crippen molar-refractivity contribution >= 4 is 11.7 Å². The molecule has 1 fully saturated rings. The third-order valence-corrected chi connectivity index (χ3v) is 4.09. The summed E-state index contributed by atoms with van der Waals surface area (Å²) in [6.07, 6.45) is 5.78. The molecule has 1 aliphatic rings. The number of nitrogens with two attached hydrogens (primary N) is 1. The molecule has 1 aromatic rings. The number of ketones is 1. The quantitative estimate of drug-likeness (QED) is 0.689. The van der Waals surface area contributed by atoms with E-state index in [0.29, 0.717) is 31.0 Å². The van der Waals surface area contributed by atoms with Gasteiger partial charge >= 0.3 is 0 Å². The predicted octanol–water partition coefficient (Wildman–Crippen LogP) is 1.38. The molecule has 1 heterocycles. The number of carbonyl (C=O) groups is 2. The van der Waals surface area contributed by atoms with Crippen molar-refractivity contribution in [3.05, 3.63) is 24.0 Å². The fourth-order valence-corrected chi connectivity index (χ4v) is 2.86. The number of Topliss-reactive ketones (excluding diaryl/α,β-unsaturated/α-hetero) is 1. The lowest BCUT2D eigenvalue weighted by molar-refractivity contribution is -0.121. The molecule has 4 N–H and O–H groups in total. The van der Waals surface area contributed by atoms with Gasteiger partial charge in [-0.2, -0.15) is 0 Å². The van der Waals surface area contributed by atoms with Gasteiger partial charge < -0.3 is 16.2 Å². The molecule has 0 aromatic carbocycles. The molecule has 0 spiro atoms. The lowest BCUT2D eigenvalue weighted by atomic mass is 9.82. The number of pyridine rings is 1. The van der Waals surface area contributed by atoms with Gasteiger partial charge in [-0.15, -0.1) is 0 Å². The standard InChI is InChI=1S/C16H23N3O3/c17-8-7-16(22)19-12-3-1-11(2-4-12)9-15(21)14-6-5-13(20)10-18-14/h5-6,10-12,20H,1-4,7-9,17H2,(H,19,22). The Labute approximate surface area is 130 Å². The average molecular weight is 305 g/mol. The van der Waals surface area contributed by atoms with Crippen molar-refractivity contribution < 1.29 is 14.7 Å².